The third kappa shape index (κ3) is 2.63. The normalized spacial score (nSPS) is 24.5. The van der Waals surface area contributed by atoms with E-state index in [-0.39, 0.29) is 5.60 Å². The molecule has 1 aromatic carbocycles. The first-order chi connectivity index (χ1) is 9.05. The molecule has 1 saturated heterocycles. The molecule has 1 aromatic rings. The first kappa shape index (κ1) is 12.9. The number of ether oxygens (including phenoxy) is 1. The molecule has 2 aliphatic rings. The van der Waals surface area contributed by atoms with Gasteiger partial charge in [-0.1, -0.05) is 18.2 Å². The fourth-order valence-electron chi connectivity index (χ4n) is 3.22. The molecule has 0 radical (unpaired) electrons. The van der Waals surface area contributed by atoms with Gasteiger partial charge in [-0.3, -0.25) is 4.90 Å². The number of para-hydroxylation sites is 1. The molecule has 3 rings (SSSR count). The monoisotopic (exact) mass is 260 g/mol. The predicted octanol–water partition coefficient (Wildman–Crippen LogP) is 2.19. The number of hydrogen-bond acceptors (Lipinski definition) is 3. The van der Waals surface area contributed by atoms with E-state index in [1.807, 2.05) is 0 Å². The number of rotatable bonds is 3. The molecule has 0 amide bonds. The Morgan fingerprint density at radius 2 is 2.26 bits per heavy atom. The van der Waals surface area contributed by atoms with Crippen molar-refractivity contribution in [3.05, 3.63) is 29.3 Å². The standard InChI is InChI=1S/C16H24N2O/c1-16(2)9-12-5-4-6-13(15(12)19-16)11-18(3)14-7-8-17-10-14/h4-6,14,17H,7-11H2,1-3H3. The van der Waals surface area contributed by atoms with E-state index in [1.165, 1.54) is 17.5 Å². The maximum atomic E-state index is 6.15. The van der Waals surface area contributed by atoms with Crippen molar-refractivity contribution in [1.82, 2.24) is 10.2 Å². The number of hydrogen-bond donors (Lipinski definition) is 1. The molecule has 0 aromatic heterocycles. The number of fused-ring (bicyclic) bond motifs is 1. The van der Waals surface area contributed by atoms with Gasteiger partial charge in [0.05, 0.1) is 0 Å². The molecule has 3 nitrogen and oxygen atoms in total. The zero-order valence-corrected chi connectivity index (χ0v) is 12.2. The summed E-state index contributed by atoms with van der Waals surface area (Å²) in [5.74, 6) is 1.13. The van der Waals surface area contributed by atoms with E-state index >= 15 is 0 Å². The third-order valence-electron chi connectivity index (χ3n) is 4.25. The molecule has 1 atom stereocenters. The highest BCUT2D eigenvalue weighted by molar-refractivity contribution is 5.45. The SMILES string of the molecule is CN(Cc1cccc2c1OC(C)(C)C2)C1CCNC1. The molecule has 2 heterocycles. The molecule has 2 aliphatic heterocycles. The van der Waals surface area contributed by atoms with Gasteiger partial charge in [0.1, 0.15) is 11.4 Å². The molecular formula is C16H24N2O. The Labute approximate surface area is 115 Å². The smallest absolute Gasteiger partial charge is 0.127 e. The molecule has 0 aliphatic carbocycles. The third-order valence-corrected chi connectivity index (χ3v) is 4.25. The topological polar surface area (TPSA) is 24.5 Å². The number of benzene rings is 1. The Hall–Kier alpha value is -1.06. The molecule has 0 saturated carbocycles. The van der Waals surface area contributed by atoms with Crippen LogP contribution in [-0.2, 0) is 13.0 Å². The summed E-state index contributed by atoms with van der Waals surface area (Å²) >= 11 is 0. The van der Waals surface area contributed by atoms with Gasteiger partial charge in [0.25, 0.3) is 0 Å². The van der Waals surface area contributed by atoms with Crippen LogP contribution in [0.4, 0.5) is 0 Å². The van der Waals surface area contributed by atoms with Crippen molar-refractivity contribution in [2.24, 2.45) is 0 Å². The first-order valence-electron chi connectivity index (χ1n) is 7.26. The predicted molar refractivity (Wildman–Crippen MR) is 77.6 cm³/mol. The number of likely N-dealkylation sites (N-methyl/N-ethyl adjacent to an activating group) is 1. The van der Waals surface area contributed by atoms with Gasteiger partial charge >= 0.3 is 0 Å². The summed E-state index contributed by atoms with van der Waals surface area (Å²) in [7, 11) is 2.22. The summed E-state index contributed by atoms with van der Waals surface area (Å²) in [4.78, 5) is 2.45. The first-order valence-corrected chi connectivity index (χ1v) is 7.26. The maximum absolute atomic E-state index is 6.15. The molecule has 1 N–H and O–H groups in total. The minimum absolute atomic E-state index is 0.0497. The van der Waals surface area contributed by atoms with Crippen LogP contribution in [0, 0.1) is 0 Å². The van der Waals surface area contributed by atoms with Crippen molar-refractivity contribution in [3.63, 3.8) is 0 Å². The molecule has 1 fully saturated rings. The van der Waals surface area contributed by atoms with Crippen LogP contribution in [0.5, 0.6) is 5.75 Å². The van der Waals surface area contributed by atoms with E-state index in [1.54, 1.807) is 0 Å². The van der Waals surface area contributed by atoms with E-state index in [0.717, 1.165) is 31.8 Å². The van der Waals surface area contributed by atoms with E-state index < -0.39 is 0 Å². The number of nitrogens with zero attached hydrogens (tertiary/aromatic N) is 1. The van der Waals surface area contributed by atoms with Crippen LogP contribution >= 0.6 is 0 Å². The van der Waals surface area contributed by atoms with Crippen molar-refractivity contribution in [1.29, 1.82) is 0 Å². The highest BCUT2D eigenvalue weighted by Gasteiger charge is 2.32. The Morgan fingerprint density at radius 1 is 1.42 bits per heavy atom. The summed E-state index contributed by atoms with van der Waals surface area (Å²) in [6.45, 7) is 7.57. The van der Waals surface area contributed by atoms with Gasteiger partial charge < -0.3 is 10.1 Å². The average molecular weight is 260 g/mol. The van der Waals surface area contributed by atoms with E-state index in [0.29, 0.717) is 6.04 Å². The molecule has 0 bridgehead atoms. The van der Waals surface area contributed by atoms with Gasteiger partial charge in [-0.05, 0) is 39.4 Å². The Morgan fingerprint density at radius 3 is 3.00 bits per heavy atom. The molecule has 0 spiro atoms. The fraction of sp³-hybridized carbons (Fsp3) is 0.625. The second kappa shape index (κ2) is 4.80. The van der Waals surface area contributed by atoms with Crippen LogP contribution in [0.15, 0.2) is 18.2 Å². The van der Waals surface area contributed by atoms with E-state index in [4.69, 9.17) is 4.74 Å². The summed E-state index contributed by atoms with van der Waals surface area (Å²) in [5.41, 5.74) is 2.64. The van der Waals surface area contributed by atoms with Crippen LogP contribution in [0.2, 0.25) is 0 Å². The van der Waals surface area contributed by atoms with Gasteiger partial charge in [-0.15, -0.1) is 0 Å². The lowest BCUT2D eigenvalue weighted by atomic mass is 10.0. The van der Waals surface area contributed by atoms with Crippen molar-refractivity contribution in [3.8, 4) is 5.75 Å². The molecule has 3 heteroatoms. The van der Waals surface area contributed by atoms with Crippen molar-refractivity contribution < 1.29 is 4.74 Å². The van der Waals surface area contributed by atoms with E-state index in [9.17, 15) is 0 Å². The lowest BCUT2D eigenvalue weighted by Crippen LogP contribution is -2.33. The van der Waals surface area contributed by atoms with Gasteiger partial charge in [0.15, 0.2) is 0 Å². The lowest BCUT2D eigenvalue weighted by molar-refractivity contribution is 0.135. The molecule has 104 valence electrons. The van der Waals surface area contributed by atoms with Crippen LogP contribution in [0.25, 0.3) is 0 Å². The van der Waals surface area contributed by atoms with Crippen LogP contribution in [0.3, 0.4) is 0 Å². The summed E-state index contributed by atoms with van der Waals surface area (Å²) < 4.78 is 6.15. The minimum atomic E-state index is -0.0497. The average Bonchev–Trinajstić information content (AvgIpc) is 2.94. The fourth-order valence-corrected chi connectivity index (χ4v) is 3.22. The Balaban J connectivity index is 1.77. The molecular weight excluding hydrogens is 236 g/mol. The lowest BCUT2D eigenvalue weighted by Gasteiger charge is -2.25. The van der Waals surface area contributed by atoms with Crippen LogP contribution < -0.4 is 10.1 Å². The largest absolute Gasteiger partial charge is 0.487 e. The number of nitrogens with one attached hydrogen (secondary N) is 1. The van der Waals surface area contributed by atoms with Gasteiger partial charge in [0.2, 0.25) is 0 Å². The maximum Gasteiger partial charge on any atom is 0.127 e. The molecule has 19 heavy (non-hydrogen) atoms. The molecule has 1 unspecified atom stereocenters. The van der Waals surface area contributed by atoms with Gasteiger partial charge in [-0.25, -0.2) is 0 Å². The highest BCUT2D eigenvalue weighted by Crippen LogP contribution is 2.38. The Bertz CT molecular complexity index is 464. The van der Waals surface area contributed by atoms with Crippen molar-refractivity contribution in [2.75, 3.05) is 20.1 Å². The second-order valence-corrected chi connectivity index (χ2v) is 6.51. The Kier molecular flexibility index (Phi) is 3.27. The summed E-state index contributed by atoms with van der Waals surface area (Å²) in [5, 5.41) is 3.43. The quantitative estimate of drug-likeness (QED) is 0.901. The highest BCUT2D eigenvalue weighted by atomic mass is 16.5. The van der Waals surface area contributed by atoms with Crippen LogP contribution in [0.1, 0.15) is 31.4 Å². The zero-order chi connectivity index (χ0) is 13.5. The van der Waals surface area contributed by atoms with Crippen molar-refractivity contribution >= 4 is 0 Å². The summed E-state index contributed by atoms with van der Waals surface area (Å²) in [6, 6.07) is 7.23. The minimum Gasteiger partial charge on any atom is -0.487 e. The van der Waals surface area contributed by atoms with Crippen LogP contribution in [-0.4, -0.2) is 36.7 Å². The van der Waals surface area contributed by atoms with Crippen molar-refractivity contribution in [2.45, 2.75) is 44.9 Å². The van der Waals surface area contributed by atoms with Gasteiger partial charge in [0, 0.05) is 31.1 Å². The zero-order valence-electron chi connectivity index (χ0n) is 12.2. The summed E-state index contributed by atoms with van der Waals surface area (Å²) in [6.07, 6.45) is 2.27. The van der Waals surface area contributed by atoms with Gasteiger partial charge in [-0.2, -0.15) is 0 Å². The van der Waals surface area contributed by atoms with E-state index in [2.05, 4.69) is 49.3 Å². The second-order valence-electron chi connectivity index (χ2n) is 6.51.